The monoisotopic (exact) mass is 431 g/mol. The Kier molecular flexibility index (Phi) is 7.48. The predicted molar refractivity (Wildman–Crippen MR) is 119 cm³/mol. The minimum atomic E-state index is -0.435. The number of carbonyl (C=O) groups excluding carboxylic acids is 2. The second kappa shape index (κ2) is 10.1. The van der Waals surface area contributed by atoms with Crippen molar-refractivity contribution in [1.29, 1.82) is 0 Å². The van der Waals surface area contributed by atoms with E-state index in [0.717, 1.165) is 19.4 Å². The zero-order valence-corrected chi connectivity index (χ0v) is 18.7. The smallest absolute Gasteiger partial charge is 0.293 e. The summed E-state index contributed by atoms with van der Waals surface area (Å²) in [7, 11) is 0. The molecule has 2 saturated heterocycles. The molecule has 2 fully saturated rings. The topological polar surface area (TPSA) is 99.0 Å². The molecular weight excluding hydrogens is 398 g/mol. The first kappa shape index (κ1) is 23.0. The van der Waals surface area contributed by atoms with Gasteiger partial charge in [-0.15, -0.1) is 0 Å². The van der Waals surface area contributed by atoms with Gasteiger partial charge >= 0.3 is 0 Å². The summed E-state index contributed by atoms with van der Waals surface area (Å²) in [6, 6.07) is 4.89. The van der Waals surface area contributed by atoms with Gasteiger partial charge in [0.15, 0.2) is 0 Å². The third kappa shape index (κ3) is 5.72. The van der Waals surface area contributed by atoms with Crippen LogP contribution >= 0.6 is 0 Å². The molecule has 31 heavy (non-hydrogen) atoms. The van der Waals surface area contributed by atoms with E-state index in [2.05, 4.69) is 17.1 Å². The number of nitro benzene ring substituents is 1. The van der Waals surface area contributed by atoms with Gasteiger partial charge in [0, 0.05) is 56.4 Å². The van der Waals surface area contributed by atoms with Crippen LogP contribution in [0.3, 0.4) is 0 Å². The zero-order valence-electron chi connectivity index (χ0n) is 18.7. The Hall–Kier alpha value is -2.68. The molecule has 9 nitrogen and oxygen atoms in total. The Morgan fingerprint density at radius 3 is 2.48 bits per heavy atom. The fraction of sp³-hybridized carbons (Fsp3) is 0.636. The van der Waals surface area contributed by atoms with Gasteiger partial charge in [-0.3, -0.25) is 24.6 Å². The molecule has 170 valence electrons. The highest BCUT2D eigenvalue weighted by atomic mass is 16.6. The molecule has 0 bridgehead atoms. The average Bonchev–Trinajstić information content (AvgIpc) is 2.73. The Morgan fingerprint density at radius 2 is 1.87 bits per heavy atom. The number of piperazine rings is 1. The maximum absolute atomic E-state index is 12.7. The van der Waals surface area contributed by atoms with Crippen LogP contribution in [0.2, 0.25) is 0 Å². The number of hydrogen-bond donors (Lipinski definition) is 1. The standard InChI is InChI=1S/C22H33N5O4/c1-16(2)23-22(29)18-7-8-19(20(14-18)27(30)31)25-12-10-24(11-13-25)15-21(28)26-9-5-4-6-17(26)3/h7-8,14,16-17H,4-6,9-13,15H2,1-3H3,(H,23,29). The molecule has 1 aromatic rings. The molecule has 2 amide bonds. The van der Waals surface area contributed by atoms with Gasteiger partial charge in [0.2, 0.25) is 5.91 Å². The summed E-state index contributed by atoms with van der Waals surface area (Å²) >= 11 is 0. The molecule has 0 spiro atoms. The van der Waals surface area contributed by atoms with Gasteiger partial charge in [-0.05, 0) is 52.2 Å². The van der Waals surface area contributed by atoms with Crippen molar-refractivity contribution < 1.29 is 14.5 Å². The zero-order chi connectivity index (χ0) is 22.5. The van der Waals surface area contributed by atoms with Crippen LogP contribution in [0, 0.1) is 10.1 Å². The van der Waals surface area contributed by atoms with Gasteiger partial charge in [0.05, 0.1) is 11.5 Å². The van der Waals surface area contributed by atoms with Gasteiger partial charge in [0.1, 0.15) is 5.69 Å². The highest BCUT2D eigenvalue weighted by Gasteiger charge is 2.28. The Morgan fingerprint density at radius 1 is 1.16 bits per heavy atom. The minimum absolute atomic E-state index is 0.0463. The molecule has 1 aromatic carbocycles. The molecule has 1 atom stereocenters. The van der Waals surface area contributed by atoms with Crippen molar-refractivity contribution in [2.24, 2.45) is 0 Å². The number of hydrogen-bond acceptors (Lipinski definition) is 6. The minimum Gasteiger partial charge on any atom is -0.363 e. The molecule has 1 unspecified atom stereocenters. The van der Waals surface area contributed by atoms with E-state index in [0.29, 0.717) is 44.5 Å². The summed E-state index contributed by atoms with van der Waals surface area (Å²) in [6.07, 6.45) is 3.31. The van der Waals surface area contributed by atoms with Crippen LogP contribution in [0.1, 0.15) is 50.4 Å². The summed E-state index contributed by atoms with van der Waals surface area (Å²) in [5.74, 6) is -0.146. The lowest BCUT2D eigenvalue weighted by molar-refractivity contribution is -0.384. The number of carbonyl (C=O) groups is 2. The number of benzene rings is 1. The van der Waals surface area contributed by atoms with E-state index >= 15 is 0 Å². The second-order valence-electron chi connectivity index (χ2n) is 8.78. The van der Waals surface area contributed by atoms with Crippen molar-refractivity contribution in [3.8, 4) is 0 Å². The van der Waals surface area contributed by atoms with Crippen LogP contribution in [0.25, 0.3) is 0 Å². The first-order valence-electron chi connectivity index (χ1n) is 11.1. The Balaban J connectivity index is 1.62. The summed E-state index contributed by atoms with van der Waals surface area (Å²) in [4.78, 5) is 42.2. The van der Waals surface area contributed by atoms with Crippen LogP contribution in [0.15, 0.2) is 18.2 Å². The van der Waals surface area contributed by atoms with E-state index in [4.69, 9.17) is 0 Å². The molecule has 3 rings (SSSR count). The largest absolute Gasteiger partial charge is 0.363 e. The van der Waals surface area contributed by atoms with E-state index in [9.17, 15) is 19.7 Å². The normalized spacial score (nSPS) is 20.1. The number of nitrogens with zero attached hydrogens (tertiary/aromatic N) is 4. The second-order valence-corrected chi connectivity index (χ2v) is 8.78. The van der Waals surface area contributed by atoms with Crippen LogP contribution in [-0.4, -0.2) is 77.9 Å². The van der Waals surface area contributed by atoms with Crippen molar-refractivity contribution in [2.45, 2.75) is 52.1 Å². The molecule has 0 saturated carbocycles. The third-order valence-electron chi connectivity index (χ3n) is 6.05. The van der Waals surface area contributed by atoms with Crippen LogP contribution in [0.4, 0.5) is 11.4 Å². The van der Waals surface area contributed by atoms with Crippen LogP contribution in [0.5, 0.6) is 0 Å². The molecule has 2 aliphatic heterocycles. The predicted octanol–water partition coefficient (Wildman–Crippen LogP) is 2.26. The van der Waals surface area contributed by atoms with Gasteiger partial charge in [-0.25, -0.2) is 0 Å². The quantitative estimate of drug-likeness (QED) is 0.548. The maximum Gasteiger partial charge on any atom is 0.293 e. The number of anilines is 1. The van der Waals surface area contributed by atoms with Crippen molar-refractivity contribution in [2.75, 3.05) is 44.2 Å². The molecule has 1 N–H and O–H groups in total. The van der Waals surface area contributed by atoms with Crippen molar-refractivity contribution in [3.63, 3.8) is 0 Å². The number of amides is 2. The molecule has 0 aromatic heterocycles. The van der Waals surface area contributed by atoms with Gasteiger partial charge in [-0.1, -0.05) is 0 Å². The molecular formula is C22H33N5O4. The maximum atomic E-state index is 12.7. The number of rotatable bonds is 6. The molecule has 9 heteroatoms. The van der Waals surface area contributed by atoms with Crippen LogP contribution in [-0.2, 0) is 4.79 Å². The fourth-order valence-electron chi connectivity index (χ4n) is 4.32. The summed E-state index contributed by atoms with van der Waals surface area (Å²) in [5.41, 5.74) is 0.730. The van der Waals surface area contributed by atoms with Crippen molar-refractivity contribution in [1.82, 2.24) is 15.1 Å². The fourth-order valence-corrected chi connectivity index (χ4v) is 4.32. The average molecular weight is 432 g/mol. The lowest BCUT2D eigenvalue weighted by Gasteiger charge is -2.38. The SMILES string of the molecule is CC(C)NC(=O)c1ccc(N2CCN(CC(=O)N3CCCCC3C)CC2)c([N+](=O)[O-])c1. The highest BCUT2D eigenvalue weighted by Crippen LogP contribution is 2.30. The summed E-state index contributed by atoms with van der Waals surface area (Å²) in [5, 5.41) is 14.4. The summed E-state index contributed by atoms with van der Waals surface area (Å²) < 4.78 is 0. The first-order valence-corrected chi connectivity index (χ1v) is 11.1. The molecule has 0 radical (unpaired) electrons. The van der Waals surface area contributed by atoms with E-state index in [1.54, 1.807) is 12.1 Å². The van der Waals surface area contributed by atoms with E-state index in [-0.39, 0.29) is 29.1 Å². The van der Waals surface area contributed by atoms with E-state index < -0.39 is 4.92 Å². The summed E-state index contributed by atoms with van der Waals surface area (Å²) in [6.45, 7) is 9.56. The van der Waals surface area contributed by atoms with Gasteiger partial charge in [0.25, 0.3) is 11.6 Å². The molecule has 0 aliphatic carbocycles. The van der Waals surface area contributed by atoms with Gasteiger partial charge < -0.3 is 15.1 Å². The van der Waals surface area contributed by atoms with E-state index in [1.807, 2.05) is 23.6 Å². The number of piperidine rings is 1. The number of likely N-dealkylation sites (tertiary alicyclic amines) is 1. The molecule has 2 aliphatic rings. The van der Waals surface area contributed by atoms with E-state index in [1.165, 1.54) is 12.5 Å². The Bertz CT molecular complexity index is 820. The lowest BCUT2D eigenvalue weighted by Crippen LogP contribution is -2.52. The van der Waals surface area contributed by atoms with Crippen LogP contribution < -0.4 is 10.2 Å². The number of nitro groups is 1. The van der Waals surface area contributed by atoms with Crippen molar-refractivity contribution >= 4 is 23.2 Å². The Labute approximate surface area is 183 Å². The third-order valence-corrected chi connectivity index (χ3v) is 6.05. The lowest BCUT2D eigenvalue weighted by atomic mass is 10.0. The number of nitrogens with one attached hydrogen (secondary N) is 1. The van der Waals surface area contributed by atoms with Gasteiger partial charge in [-0.2, -0.15) is 0 Å². The highest BCUT2D eigenvalue weighted by molar-refractivity contribution is 5.96. The first-order chi connectivity index (χ1) is 14.8. The van der Waals surface area contributed by atoms with Crippen molar-refractivity contribution in [3.05, 3.63) is 33.9 Å². The molecule has 2 heterocycles.